The summed E-state index contributed by atoms with van der Waals surface area (Å²) in [5, 5.41) is 0. The number of carbonyl (C=O) groups is 4. The van der Waals surface area contributed by atoms with Crippen LogP contribution in [-0.2, 0) is 54.2 Å². The van der Waals surface area contributed by atoms with Gasteiger partial charge in [-0.2, -0.15) is 0 Å². The third kappa shape index (κ3) is 7.95. The molecular formula is C22H27NO10. The SMILES string of the molecule is C=Cc1ccc(CO[C@@H]2OC(COC(C)=O)[C@@H](OC(C)=O)C(OC(C)=O)[C@@H]2OC(C)=O)cn1. The molecule has 2 unspecified atom stereocenters. The van der Waals surface area contributed by atoms with Gasteiger partial charge in [0.2, 0.25) is 0 Å². The highest BCUT2D eigenvalue weighted by Crippen LogP contribution is 2.30. The zero-order chi connectivity index (χ0) is 24.5. The predicted molar refractivity (Wildman–Crippen MR) is 111 cm³/mol. The van der Waals surface area contributed by atoms with E-state index >= 15 is 0 Å². The number of carbonyl (C=O) groups excluding carboxylic acids is 4. The number of ether oxygens (including phenoxy) is 6. The zero-order valence-corrected chi connectivity index (χ0v) is 18.8. The minimum Gasteiger partial charge on any atom is -0.463 e. The lowest BCUT2D eigenvalue weighted by Crippen LogP contribution is -2.62. The van der Waals surface area contributed by atoms with E-state index in [0.717, 1.165) is 20.8 Å². The summed E-state index contributed by atoms with van der Waals surface area (Å²) in [4.78, 5) is 50.8. The van der Waals surface area contributed by atoms with Gasteiger partial charge in [0.1, 0.15) is 12.7 Å². The Hall–Kier alpha value is -3.31. The topological polar surface area (TPSA) is 137 Å². The summed E-state index contributed by atoms with van der Waals surface area (Å²) < 4.78 is 32.7. The molecule has 0 saturated carbocycles. The van der Waals surface area contributed by atoms with Crippen LogP contribution < -0.4 is 0 Å². The van der Waals surface area contributed by atoms with E-state index in [1.54, 1.807) is 24.4 Å². The van der Waals surface area contributed by atoms with E-state index in [2.05, 4.69) is 11.6 Å². The van der Waals surface area contributed by atoms with Gasteiger partial charge in [-0.3, -0.25) is 24.2 Å². The van der Waals surface area contributed by atoms with Crippen LogP contribution in [0, 0.1) is 0 Å². The van der Waals surface area contributed by atoms with Gasteiger partial charge < -0.3 is 28.4 Å². The molecule has 0 radical (unpaired) electrons. The van der Waals surface area contributed by atoms with E-state index in [4.69, 9.17) is 28.4 Å². The fraction of sp³-hybridized carbons (Fsp3) is 0.500. The smallest absolute Gasteiger partial charge is 0.303 e. The first-order chi connectivity index (χ1) is 15.6. The van der Waals surface area contributed by atoms with Gasteiger partial charge in [-0.1, -0.05) is 12.6 Å². The number of rotatable bonds is 9. The quantitative estimate of drug-likeness (QED) is 0.386. The van der Waals surface area contributed by atoms with Gasteiger partial charge in [0.15, 0.2) is 24.6 Å². The molecule has 1 aliphatic heterocycles. The second kappa shape index (κ2) is 12.1. The summed E-state index contributed by atoms with van der Waals surface area (Å²) in [5.41, 5.74) is 1.35. The number of hydrogen-bond acceptors (Lipinski definition) is 11. The highest BCUT2D eigenvalue weighted by molar-refractivity contribution is 5.68. The van der Waals surface area contributed by atoms with E-state index in [9.17, 15) is 19.2 Å². The highest BCUT2D eigenvalue weighted by atomic mass is 16.7. The molecule has 1 aliphatic rings. The highest BCUT2D eigenvalue weighted by Gasteiger charge is 2.52. The molecule has 0 aromatic carbocycles. The molecule has 1 saturated heterocycles. The minimum atomic E-state index is -1.28. The maximum Gasteiger partial charge on any atom is 0.303 e. The Kier molecular flexibility index (Phi) is 9.49. The molecule has 11 nitrogen and oxygen atoms in total. The first kappa shape index (κ1) is 25.9. The van der Waals surface area contributed by atoms with Crippen LogP contribution in [0.25, 0.3) is 6.08 Å². The monoisotopic (exact) mass is 465 g/mol. The number of nitrogens with zero attached hydrogens (tertiary/aromatic N) is 1. The summed E-state index contributed by atoms with van der Waals surface area (Å²) in [6, 6.07) is 3.49. The standard InChI is InChI=1S/C22H27NO10/c1-6-17-8-7-16(9-23-17)10-29-22-21(32-15(5)27)20(31-14(4)26)19(30-13(3)25)18(33-22)11-28-12(2)24/h6-9,18-22H,1,10-11H2,2-5H3/t18?,19-,20?,21+,22-/m1/s1. The molecule has 33 heavy (non-hydrogen) atoms. The van der Waals surface area contributed by atoms with Crippen molar-refractivity contribution in [1.29, 1.82) is 0 Å². The van der Waals surface area contributed by atoms with Crippen molar-refractivity contribution >= 4 is 30.0 Å². The summed E-state index contributed by atoms with van der Waals surface area (Å²) in [5.74, 6) is -2.73. The van der Waals surface area contributed by atoms with Gasteiger partial charge in [-0.25, -0.2) is 0 Å². The largest absolute Gasteiger partial charge is 0.463 e. The van der Waals surface area contributed by atoms with Gasteiger partial charge in [0.05, 0.1) is 12.3 Å². The Bertz CT molecular complexity index is 868. The maximum absolute atomic E-state index is 11.8. The van der Waals surface area contributed by atoms with Crippen molar-refractivity contribution in [2.45, 2.75) is 65.0 Å². The molecule has 180 valence electrons. The van der Waals surface area contributed by atoms with Crippen LogP contribution in [0.1, 0.15) is 39.0 Å². The van der Waals surface area contributed by atoms with Crippen LogP contribution in [0.3, 0.4) is 0 Å². The van der Waals surface area contributed by atoms with E-state index in [1.165, 1.54) is 6.92 Å². The zero-order valence-electron chi connectivity index (χ0n) is 18.8. The first-order valence-corrected chi connectivity index (χ1v) is 10.1. The molecule has 2 rings (SSSR count). The van der Waals surface area contributed by atoms with E-state index in [0.29, 0.717) is 11.3 Å². The van der Waals surface area contributed by atoms with E-state index in [-0.39, 0.29) is 13.2 Å². The fourth-order valence-corrected chi connectivity index (χ4v) is 3.14. The van der Waals surface area contributed by atoms with Gasteiger partial charge in [-0.15, -0.1) is 0 Å². The lowest BCUT2D eigenvalue weighted by Gasteiger charge is -2.44. The third-order valence-electron chi connectivity index (χ3n) is 4.42. The molecule has 5 atom stereocenters. The van der Waals surface area contributed by atoms with Crippen molar-refractivity contribution in [3.63, 3.8) is 0 Å². The Morgan fingerprint density at radius 3 is 2.06 bits per heavy atom. The average molecular weight is 465 g/mol. The third-order valence-corrected chi connectivity index (χ3v) is 4.42. The molecular weight excluding hydrogens is 438 g/mol. The second-order valence-electron chi connectivity index (χ2n) is 7.17. The maximum atomic E-state index is 11.8. The van der Waals surface area contributed by atoms with Crippen LogP contribution >= 0.6 is 0 Å². The van der Waals surface area contributed by atoms with E-state index < -0.39 is 54.6 Å². The summed E-state index contributed by atoms with van der Waals surface area (Å²) in [7, 11) is 0. The molecule has 1 aromatic rings. The minimum absolute atomic E-state index is 0.00182. The normalized spacial score (nSPS) is 24.3. The van der Waals surface area contributed by atoms with Gasteiger partial charge in [-0.05, 0) is 17.7 Å². The van der Waals surface area contributed by atoms with Gasteiger partial charge in [0.25, 0.3) is 0 Å². The Morgan fingerprint density at radius 1 is 0.939 bits per heavy atom. The van der Waals surface area contributed by atoms with Crippen molar-refractivity contribution in [1.82, 2.24) is 4.98 Å². The average Bonchev–Trinajstić information content (AvgIpc) is 2.73. The van der Waals surface area contributed by atoms with Crippen molar-refractivity contribution in [2.24, 2.45) is 0 Å². The van der Waals surface area contributed by atoms with Gasteiger partial charge in [0, 0.05) is 33.9 Å². The lowest BCUT2D eigenvalue weighted by molar-refractivity contribution is -0.310. The summed E-state index contributed by atoms with van der Waals surface area (Å²) >= 11 is 0. The number of esters is 4. The first-order valence-electron chi connectivity index (χ1n) is 10.1. The number of hydrogen-bond donors (Lipinski definition) is 0. The number of aromatic nitrogens is 1. The Balaban J connectivity index is 2.34. The molecule has 0 N–H and O–H groups in total. The van der Waals surface area contributed by atoms with Crippen molar-refractivity contribution < 1.29 is 47.6 Å². The molecule has 0 spiro atoms. The van der Waals surface area contributed by atoms with Crippen LogP contribution in [0.15, 0.2) is 24.9 Å². The van der Waals surface area contributed by atoms with Crippen LogP contribution in [0.2, 0.25) is 0 Å². The molecule has 11 heteroatoms. The van der Waals surface area contributed by atoms with Crippen molar-refractivity contribution in [3.8, 4) is 0 Å². The second-order valence-corrected chi connectivity index (χ2v) is 7.17. The molecule has 0 bridgehead atoms. The Labute approximate surface area is 190 Å². The molecule has 0 amide bonds. The number of pyridine rings is 1. The molecule has 1 aromatic heterocycles. The van der Waals surface area contributed by atoms with E-state index in [1.807, 2.05) is 0 Å². The Morgan fingerprint density at radius 2 is 1.55 bits per heavy atom. The van der Waals surface area contributed by atoms with Crippen LogP contribution in [-0.4, -0.2) is 66.2 Å². The lowest BCUT2D eigenvalue weighted by atomic mass is 9.98. The van der Waals surface area contributed by atoms with Crippen molar-refractivity contribution in [2.75, 3.05) is 6.61 Å². The van der Waals surface area contributed by atoms with Crippen LogP contribution in [0.5, 0.6) is 0 Å². The molecule has 2 heterocycles. The summed E-state index contributed by atoms with van der Waals surface area (Å²) in [6.45, 7) is 7.96. The summed E-state index contributed by atoms with van der Waals surface area (Å²) in [6.07, 6.45) is -2.94. The van der Waals surface area contributed by atoms with Crippen molar-refractivity contribution in [3.05, 3.63) is 36.2 Å². The predicted octanol–water partition coefficient (Wildman–Crippen LogP) is 1.32. The molecule has 0 aliphatic carbocycles. The van der Waals surface area contributed by atoms with Crippen LogP contribution in [0.4, 0.5) is 0 Å². The van der Waals surface area contributed by atoms with Gasteiger partial charge >= 0.3 is 23.9 Å². The fourth-order valence-electron chi connectivity index (χ4n) is 3.14. The molecule has 1 fully saturated rings.